The lowest BCUT2D eigenvalue weighted by Gasteiger charge is -2.22. The number of rotatable bonds is 3. The number of hydrogen-bond donors (Lipinski definition) is 0. The van der Waals surface area contributed by atoms with E-state index >= 15 is 0 Å². The summed E-state index contributed by atoms with van der Waals surface area (Å²) < 4.78 is 5.42. The molecule has 76 valence electrons. The van der Waals surface area contributed by atoms with Gasteiger partial charge in [0.2, 0.25) is 0 Å². The predicted octanol–water partition coefficient (Wildman–Crippen LogP) is 2.25. The maximum Gasteiger partial charge on any atom is 0.110 e. The van der Waals surface area contributed by atoms with E-state index < -0.39 is 0 Å². The van der Waals surface area contributed by atoms with Crippen molar-refractivity contribution >= 4 is 0 Å². The van der Waals surface area contributed by atoms with Crippen molar-refractivity contribution in [3.8, 4) is 0 Å². The zero-order valence-corrected chi connectivity index (χ0v) is 8.65. The van der Waals surface area contributed by atoms with Gasteiger partial charge in [-0.2, -0.15) is 0 Å². The van der Waals surface area contributed by atoms with Crippen molar-refractivity contribution in [2.75, 3.05) is 13.7 Å². The smallest absolute Gasteiger partial charge is 0.110 e. The Balaban J connectivity index is 1.97. The molecule has 0 aromatic heterocycles. The van der Waals surface area contributed by atoms with Crippen LogP contribution in [0.25, 0.3) is 0 Å². The first-order valence-corrected chi connectivity index (χ1v) is 5.21. The maximum atomic E-state index is 5.42. The Morgan fingerprint density at radius 3 is 2.86 bits per heavy atom. The largest absolute Gasteiger partial charge is 0.366 e. The number of benzene rings is 1. The topological polar surface area (TPSA) is 12.5 Å². The molecule has 1 aliphatic rings. The van der Waals surface area contributed by atoms with Crippen LogP contribution in [-0.2, 0) is 11.3 Å². The van der Waals surface area contributed by atoms with E-state index in [4.69, 9.17) is 4.74 Å². The van der Waals surface area contributed by atoms with Crippen LogP contribution in [0.5, 0.6) is 0 Å². The molecule has 2 heteroatoms. The van der Waals surface area contributed by atoms with Crippen LogP contribution < -0.4 is 0 Å². The summed E-state index contributed by atoms with van der Waals surface area (Å²) in [6, 6.07) is 10.6. The number of methoxy groups -OCH3 is 1. The molecule has 1 aromatic carbocycles. The van der Waals surface area contributed by atoms with Crippen molar-refractivity contribution in [1.82, 2.24) is 4.90 Å². The van der Waals surface area contributed by atoms with Gasteiger partial charge in [-0.3, -0.25) is 4.90 Å². The molecule has 0 spiro atoms. The summed E-state index contributed by atoms with van der Waals surface area (Å²) in [6.07, 6.45) is 2.75. The van der Waals surface area contributed by atoms with Gasteiger partial charge in [0.05, 0.1) is 0 Å². The second kappa shape index (κ2) is 4.58. The number of likely N-dealkylation sites (tertiary alicyclic amines) is 1. The van der Waals surface area contributed by atoms with E-state index in [9.17, 15) is 0 Å². The predicted molar refractivity (Wildman–Crippen MR) is 56.9 cm³/mol. The van der Waals surface area contributed by atoms with Crippen LogP contribution >= 0.6 is 0 Å². The summed E-state index contributed by atoms with van der Waals surface area (Å²) in [4.78, 5) is 2.40. The monoisotopic (exact) mass is 191 g/mol. The molecule has 0 bridgehead atoms. The van der Waals surface area contributed by atoms with Crippen LogP contribution in [0, 0.1) is 0 Å². The van der Waals surface area contributed by atoms with Gasteiger partial charge < -0.3 is 4.74 Å². The highest BCUT2D eigenvalue weighted by atomic mass is 16.5. The van der Waals surface area contributed by atoms with E-state index in [-0.39, 0.29) is 0 Å². The van der Waals surface area contributed by atoms with E-state index in [0.717, 1.165) is 13.1 Å². The SMILES string of the molecule is COC1CCCN1Cc1ccccc1. The lowest BCUT2D eigenvalue weighted by Crippen LogP contribution is -2.30. The Hall–Kier alpha value is -0.860. The van der Waals surface area contributed by atoms with Crippen LogP contribution in [0.3, 0.4) is 0 Å². The summed E-state index contributed by atoms with van der Waals surface area (Å²) in [5, 5.41) is 0. The van der Waals surface area contributed by atoms with E-state index in [0.29, 0.717) is 6.23 Å². The van der Waals surface area contributed by atoms with Crippen LogP contribution in [-0.4, -0.2) is 24.8 Å². The summed E-state index contributed by atoms with van der Waals surface area (Å²) in [7, 11) is 1.80. The Bertz CT molecular complexity index is 273. The normalized spacial score (nSPS) is 22.8. The van der Waals surface area contributed by atoms with E-state index in [2.05, 4.69) is 35.2 Å². The zero-order valence-electron chi connectivity index (χ0n) is 8.65. The average molecular weight is 191 g/mol. The van der Waals surface area contributed by atoms with Gasteiger partial charge in [-0.15, -0.1) is 0 Å². The quantitative estimate of drug-likeness (QED) is 0.726. The van der Waals surface area contributed by atoms with Gasteiger partial charge in [0.25, 0.3) is 0 Å². The standard InChI is InChI=1S/C12H17NO/c1-14-12-8-5-9-13(12)10-11-6-3-2-4-7-11/h2-4,6-7,12H,5,8-10H2,1H3. The van der Waals surface area contributed by atoms with Crippen molar-refractivity contribution < 1.29 is 4.74 Å². The van der Waals surface area contributed by atoms with Crippen molar-refractivity contribution in [2.24, 2.45) is 0 Å². The minimum Gasteiger partial charge on any atom is -0.366 e. The van der Waals surface area contributed by atoms with Crippen molar-refractivity contribution in [1.29, 1.82) is 0 Å². The van der Waals surface area contributed by atoms with Gasteiger partial charge >= 0.3 is 0 Å². The number of hydrogen-bond acceptors (Lipinski definition) is 2. The fourth-order valence-electron chi connectivity index (χ4n) is 2.06. The van der Waals surface area contributed by atoms with Gasteiger partial charge in [0.1, 0.15) is 6.23 Å². The first-order valence-electron chi connectivity index (χ1n) is 5.21. The maximum absolute atomic E-state index is 5.42. The average Bonchev–Trinajstić information content (AvgIpc) is 2.67. The van der Waals surface area contributed by atoms with Crippen molar-refractivity contribution in [3.05, 3.63) is 35.9 Å². The molecule has 1 atom stereocenters. The third-order valence-corrected chi connectivity index (χ3v) is 2.80. The molecule has 1 fully saturated rings. The molecule has 1 aromatic rings. The number of ether oxygens (including phenoxy) is 1. The Labute approximate surface area is 85.5 Å². The molecule has 1 saturated heterocycles. The van der Waals surface area contributed by atoms with Gasteiger partial charge in [-0.05, 0) is 18.4 Å². The van der Waals surface area contributed by atoms with Crippen LogP contribution in [0.4, 0.5) is 0 Å². The first-order chi connectivity index (χ1) is 6.90. The molecule has 1 unspecified atom stereocenters. The van der Waals surface area contributed by atoms with Crippen LogP contribution in [0.1, 0.15) is 18.4 Å². The summed E-state index contributed by atoms with van der Waals surface area (Å²) in [5.41, 5.74) is 1.37. The highest BCUT2D eigenvalue weighted by Gasteiger charge is 2.23. The molecule has 0 amide bonds. The van der Waals surface area contributed by atoms with E-state index in [1.54, 1.807) is 7.11 Å². The Morgan fingerprint density at radius 2 is 2.14 bits per heavy atom. The Morgan fingerprint density at radius 1 is 1.36 bits per heavy atom. The fourth-order valence-corrected chi connectivity index (χ4v) is 2.06. The lowest BCUT2D eigenvalue weighted by atomic mass is 10.2. The van der Waals surface area contributed by atoms with Gasteiger partial charge in [-0.1, -0.05) is 30.3 Å². The van der Waals surface area contributed by atoms with Crippen molar-refractivity contribution in [3.63, 3.8) is 0 Å². The third kappa shape index (κ3) is 2.14. The van der Waals surface area contributed by atoms with Gasteiger partial charge in [0, 0.05) is 20.2 Å². The molecular weight excluding hydrogens is 174 g/mol. The molecule has 1 aliphatic heterocycles. The highest BCUT2D eigenvalue weighted by molar-refractivity contribution is 5.14. The molecule has 2 nitrogen and oxygen atoms in total. The van der Waals surface area contributed by atoms with Crippen LogP contribution in [0.15, 0.2) is 30.3 Å². The summed E-state index contributed by atoms with van der Waals surface area (Å²) >= 11 is 0. The van der Waals surface area contributed by atoms with E-state index in [1.807, 2.05) is 0 Å². The molecule has 0 saturated carbocycles. The van der Waals surface area contributed by atoms with Crippen LogP contribution in [0.2, 0.25) is 0 Å². The second-order valence-electron chi connectivity index (χ2n) is 3.79. The highest BCUT2D eigenvalue weighted by Crippen LogP contribution is 2.19. The zero-order chi connectivity index (χ0) is 9.80. The van der Waals surface area contributed by atoms with Gasteiger partial charge in [0.15, 0.2) is 0 Å². The van der Waals surface area contributed by atoms with Gasteiger partial charge in [-0.25, -0.2) is 0 Å². The Kier molecular flexibility index (Phi) is 3.17. The fraction of sp³-hybridized carbons (Fsp3) is 0.500. The van der Waals surface area contributed by atoms with E-state index in [1.165, 1.54) is 18.4 Å². The molecule has 0 aliphatic carbocycles. The number of nitrogens with zero attached hydrogens (tertiary/aromatic N) is 1. The minimum absolute atomic E-state index is 0.329. The molecule has 0 N–H and O–H groups in total. The molecule has 14 heavy (non-hydrogen) atoms. The molecular formula is C12H17NO. The molecule has 0 radical (unpaired) electrons. The molecule has 2 rings (SSSR count). The lowest BCUT2D eigenvalue weighted by molar-refractivity contribution is -0.00815. The summed E-state index contributed by atoms with van der Waals surface area (Å²) in [5.74, 6) is 0. The third-order valence-electron chi connectivity index (χ3n) is 2.80. The molecule has 1 heterocycles. The second-order valence-corrected chi connectivity index (χ2v) is 3.79. The van der Waals surface area contributed by atoms with Crippen molar-refractivity contribution in [2.45, 2.75) is 25.6 Å². The minimum atomic E-state index is 0.329. The summed E-state index contributed by atoms with van der Waals surface area (Å²) in [6.45, 7) is 2.17. The first kappa shape index (κ1) is 9.69.